The first-order chi connectivity index (χ1) is 18.9. The number of aromatic nitrogens is 1. The number of unbranched alkanes of at least 4 members (excludes halogenated alkanes) is 6. The van der Waals surface area contributed by atoms with Gasteiger partial charge in [0.05, 0.1) is 6.61 Å². The predicted molar refractivity (Wildman–Crippen MR) is 164 cm³/mol. The van der Waals surface area contributed by atoms with E-state index in [4.69, 9.17) is 4.74 Å². The third-order valence-electron chi connectivity index (χ3n) is 7.81. The van der Waals surface area contributed by atoms with Crippen LogP contribution >= 0.6 is 0 Å². The number of benzene rings is 1. The predicted octanol–water partition coefficient (Wildman–Crippen LogP) is 8.67. The van der Waals surface area contributed by atoms with Crippen LogP contribution in [0.15, 0.2) is 30.3 Å². The number of nitrogens with zero attached hydrogens (tertiary/aromatic N) is 1. The number of anilines is 1. The number of hydrogen-bond acceptors (Lipinski definition) is 4. The molecule has 0 aliphatic rings. The van der Waals surface area contributed by atoms with Gasteiger partial charge in [0, 0.05) is 48.2 Å². The molecule has 2 aromatic rings. The van der Waals surface area contributed by atoms with Gasteiger partial charge in [-0.1, -0.05) is 84.3 Å². The maximum Gasteiger partial charge on any atom is 0.305 e. The van der Waals surface area contributed by atoms with Crippen LogP contribution in [-0.4, -0.2) is 29.5 Å². The minimum absolute atomic E-state index is 0.0680. The van der Waals surface area contributed by atoms with Gasteiger partial charge in [0.15, 0.2) is 5.78 Å². The molecule has 1 aromatic heterocycles. The third-order valence-corrected chi connectivity index (χ3v) is 7.81. The third kappa shape index (κ3) is 11.2. The van der Waals surface area contributed by atoms with Gasteiger partial charge < -0.3 is 14.6 Å². The van der Waals surface area contributed by atoms with Crippen LogP contribution in [0.2, 0.25) is 0 Å². The van der Waals surface area contributed by atoms with E-state index in [1.54, 1.807) is 0 Å². The Hall–Kier alpha value is -2.56. The second-order valence-corrected chi connectivity index (χ2v) is 10.9. The molecule has 0 fully saturated rings. The Morgan fingerprint density at radius 3 is 2.21 bits per heavy atom. The van der Waals surface area contributed by atoms with Gasteiger partial charge in [0.1, 0.15) is 0 Å². The largest absolute Gasteiger partial charge is 0.466 e. The molecule has 218 valence electrons. The average molecular weight is 539 g/mol. The molecule has 5 nitrogen and oxygen atoms in total. The summed E-state index contributed by atoms with van der Waals surface area (Å²) in [6.45, 7) is 9.83. The van der Waals surface area contributed by atoms with E-state index in [9.17, 15) is 9.59 Å². The lowest BCUT2D eigenvalue weighted by atomic mass is 9.94. The molecule has 0 amide bonds. The normalized spacial score (nSPS) is 11.2. The number of ether oxygens (including phenoxy) is 1. The molecule has 1 aromatic carbocycles. The van der Waals surface area contributed by atoms with Crippen molar-refractivity contribution in [3.05, 3.63) is 52.8 Å². The lowest BCUT2D eigenvalue weighted by molar-refractivity contribution is -0.143. The van der Waals surface area contributed by atoms with Gasteiger partial charge in [-0.25, -0.2) is 0 Å². The molecule has 0 aliphatic heterocycles. The molecule has 1 heterocycles. The molecule has 1 N–H and O–H groups in total. The highest BCUT2D eigenvalue weighted by atomic mass is 16.5. The summed E-state index contributed by atoms with van der Waals surface area (Å²) >= 11 is 0. The number of nitrogens with one attached hydrogen (secondary N) is 1. The number of ketones is 1. The van der Waals surface area contributed by atoms with Crippen molar-refractivity contribution in [2.75, 3.05) is 18.5 Å². The molecule has 5 heteroatoms. The first-order valence-electron chi connectivity index (χ1n) is 15.7. The SMILES string of the molecule is CCCCCCC(CCCCCC)CNc1cccc(C(=O)c2cc(CCCC(=O)OCC)n(C)c2CC)c1. The molecule has 0 spiro atoms. The Morgan fingerprint density at radius 1 is 0.897 bits per heavy atom. The Labute approximate surface area is 238 Å². The number of aryl methyl sites for hydroxylation is 1. The van der Waals surface area contributed by atoms with Crippen LogP contribution in [0.1, 0.15) is 132 Å². The summed E-state index contributed by atoms with van der Waals surface area (Å²) in [5.41, 5.74) is 4.65. The molecule has 39 heavy (non-hydrogen) atoms. The molecule has 0 saturated heterocycles. The van der Waals surface area contributed by atoms with Crippen LogP contribution in [0.3, 0.4) is 0 Å². The van der Waals surface area contributed by atoms with Gasteiger partial charge in [-0.15, -0.1) is 0 Å². The van der Waals surface area contributed by atoms with E-state index in [-0.39, 0.29) is 11.8 Å². The second kappa shape index (κ2) is 18.7. The summed E-state index contributed by atoms with van der Waals surface area (Å²) in [5.74, 6) is 0.585. The smallest absolute Gasteiger partial charge is 0.305 e. The molecule has 0 radical (unpaired) electrons. The van der Waals surface area contributed by atoms with Gasteiger partial charge in [0.2, 0.25) is 0 Å². The van der Waals surface area contributed by atoms with E-state index in [0.717, 1.165) is 47.6 Å². The summed E-state index contributed by atoms with van der Waals surface area (Å²) < 4.78 is 7.18. The summed E-state index contributed by atoms with van der Waals surface area (Å²) in [7, 11) is 2.02. The minimum Gasteiger partial charge on any atom is -0.466 e. The van der Waals surface area contributed by atoms with Crippen molar-refractivity contribution in [3.8, 4) is 0 Å². The number of carbonyl (C=O) groups excluding carboxylic acids is 2. The monoisotopic (exact) mass is 538 g/mol. The topological polar surface area (TPSA) is 60.3 Å². The lowest BCUT2D eigenvalue weighted by Crippen LogP contribution is -2.15. The van der Waals surface area contributed by atoms with Gasteiger partial charge in [-0.3, -0.25) is 9.59 Å². The number of esters is 1. The molecular formula is C34H54N2O3. The van der Waals surface area contributed by atoms with Gasteiger partial charge >= 0.3 is 5.97 Å². The average Bonchev–Trinajstić information content (AvgIpc) is 3.26. The van der Waals surface area contributed by atoms with Crippen LogP contribution in [0.4, 0.5) is 5.69 Å². The zero-order valence-corrected chi connectivity index (χ0v) is 25.4. The summed E-state index contributed by atoms with van der Waals surface area (Å²) in [5, 5.41) is 3.67. The summed E-state index contributed by atoms with van der Waals surface area (Å²) in [4.78, 5) is 25.4. The number of rotatable bonds is 21. The summed E-state index contributed by atoms with van der Waals surface area (Å²) in [6.07, 6.45) is 15.7. The Balaban J connectivity index is 2.06. The van der Waals surface area contributed by atoms with Gasteiger partial charge in [0.25, 0.3) is 0 Å². The van der Waals surface area contributed by atoms with Crippen LogP contribution in [0.5, 0.6) is 0 Å². The highest BCUT2D eigenvalue weighted by Crippen LogP contribution is 2.24. The lowest BCUT2D eigenvalue weighted by Gasteiger charge is -2.19. The van der Waals surface area contributed by atoms with E-state index in [0.29, 0.717) is 25.4 Å². The van der Waals surface area contributed by atoms with E-state index < -0.39 is 0 Å². The van der Waals surface area contributed by atoms with Crippen LogP contribution in [0, 0.1) is 5.92 Å². The van der Waals surface area contributed by atoms with E-state index >= 15 is 0 Å². The standard InChI is InChI=1S/C34H54N2O3/c1-6-10-12-14-18-27(19-15-13-11-7-2)26-35-29-21-16-20-28(24-29)34(38)31-25-30(36(5)32(31)8-3)22-17-23-33(37)39-9-4/h16,20-21,24-25,27,35H,6-15,17-19,22-23,26H2,1-5H3. The molecule has 0 atom stereocenters. The van der Waals surface area contributed by atoms with Crippen LogP contribution in [0.25, 0.3) is 0 Å². The quantitative estimate of drug-likeness (QED) is 0.0981. The fourth-order valence-corrected chi connectivity index (χ4v) is 5.47. The maximum absolute atomic E-state index is 13.6. The molecule has 0 unspecified atom stereocenters. The van der Waals surface area contributed by atoms with Crippen molar-refractivity contribution in [2.24, 2.45) is 13.0 Å². The fourth-order valence-electron chi connectivity index (χ4n) is 5.47. The van der Waals surface area contributed by atoms with Gasteiger partial charge in [-0.05, 0) is 63.1 Å². The zero-order chi connectivity index (χ0) is 28.5. The summed E-state index contributed by atoms with van der Waals surface area (Å²) in [6, 6.07) is 10.0. The van der Waals surface area contributed by atoms with Crippen molar-refractivity contribution in [2.45, 2.75) is 118 Å². The van der Waals surface area contributed by atoms with E-state index in [2.05, 4.69) is 36.7 Å². The number of hydrogen-bond donors (Lipinski definition) is 1. The van der Waals surface area contributed by atoms with Crippen LogP contribution in [-0.2, 0) is 29.4 Å². The highest BCUT2D eigenvalue weighted by molar-refractivity contribution is 6.10. The van der Waals surface area contributed by atoms with Crippen LogP contribution < -0.4 is 5.32 Å². The Morgan fingerprint density at radius 2 is 1.59 bits per heavy atom. The maximum atomic E-state index is 13.6. The second-order valence-electron chi connectivity index (χ2n) is 10.9. The molecule has 2 rings (SSSR count). The van der Waals surface area contributed by atoms with E-state index in [1.807, 2.05) is 38.2 Å². The van der Waals surface area contributed by atoms with E-state index in [1.165, 1.54) is 64.2 Å². The Bertz CT molecular complexity index is 982. The van der Waals surface area contributed by atoms with Crippen molar-refractivity contribution in [1.82, 2.24) is 4.57 Å². The highest BCUT2D eigenvalue weighted by Gasteiger charge is 2.19. The molecule has 0 aliphatic carbocycles. The minimum atomic E-state index is -0.160. The molecule has 0 bridgehead atoms. The fraction of sp³-hybridized carbons (Fsp3) is 0.647. The Kier molecular flexibility index (Phi) is 15.6. The molecular weight excluding hydrogens is 484 g/mol. The van der Waals surface area contributed by atoms with Crippen molar-refractivity contribution in [3.63, 3.8) is 0 Å². The van der Waals surface area contributed by atoms with Crippen molar-refractivity contribution in [1.29, 1.82) is 0 Å². The van der Waals surface area contributed by atoms with Crippen molar-refractivity contribution >= 4 is 17.4 Å². The number of carbonyl (C=O) groups is 2. The van der Waals surface area contributed by atoms with Crippen molar-refractivity contribution < 1.29 is 14.3 Å². The van der Waals surface area contributed by atoms with Gasteiger partial charge in [-0.2, -0.15) is 0 Å². The zero-order valence-electron chi connectivity index (χ0n) is 25.4. The first kappa shape index (κ1) is 32.7. The molecule has 0 saturated carbocycles. The first-order valence-corrected chi connectivity index (χ1v) is 15.7.